The molecule has 5 heteroatoms. The van der Waals surface area contributed by atoms with Gasteiger partial charge in [0.1, 0.15) is 5.60 Å². The van der Waals surface area contributed by atoms with Crippen LogP contribution in [0.15, 0.2) is 0 Å². The highest BCUT2D eigenvalue weighted by Crippen LogP contribution is 2.26. The third kappa shape index (κ3) is 7.08. The van der Waals surface area contributed by atoms with Crippen LogP contribution in [0.3, 0.4) is 0 Å². The monoisotopic (exact) mass is 328 g/mol. The lowest BCUT2D eigenvalue weighted by molar-refractivity contribution is 0.0487. The predicted molar refractivity (Wildman–Crippen MR) is 93.5 cm³/mol. The summed E-state index contributed by atoms with van der Waals surface area (Å²) in [5.74, 6) is 0. The van der Waals surface area contributed by atoms with Crippen LogP contribution in [-0.2, 0) is 4.74 Å². The van der Waals surface area contributed by atoms with E-state index in [9.17, 15) is 9.90 Å². The molecule has 0 heterocycles. The smallest absolute Gasteiger partial charge is 0.407 e. The number of rotatable bonds is 7. The zero-order chi connectivity index (χ0) is 17.5. The Hall–Kier alpha value is -0.810. The quantitative estimate of drug-likeness (QED) is 0.671. The van der Waals surface area contributed by atoms with Gasteiger partial charge in [-0.05, 0) is 59.3 Å². The molecule has 0 aromatic heterocycles. The maximum atomic E-state index is 11.8. The standard InChI is InChI=1S/C18H36N2O3/c1-6-18(7-2,13-21)12-19-14-8-10-15(11-9-14)20-16(22)23-17(3,4)5/h14-15,19,21H,6-13H2,1-5H3,(H,20,22). The van der Waals surface area contributed by atoms with Crippen molar-refractivity contribution < 1.29 is 14.6 Å². The van der Waals surface area contributed by atoms with E-state index in [2.05, 4.69) is 24.5 Å². The van der Waals surface area contributed by atoms with Gasteiger partial charge in [-0.25, -0.2) is 4.79 Å². The summed E-state index contributed by atoms with van der Waals surface area (Å²) in [5.41, 5.74) is -0.442. The predicted octanol–water partition coefficient (Wildman–Crippen LogP) is 3.21. The molecule has 0 aromatic carbocycles. The Balaban J connectivity index is 2.31. The Bertz CT molecular complexity index is 346. The topological polar surface area (TPSA) is 70.6 Å². The molecule has 0 unspecified atom stereocenters. The van der Waals surface area contributed by atoms with Crippen molar-refractivity contribution in [2.75, 3.05) is 13.2 Å². The second-order valence-electron chi connectivity index (χ2n) is 7.94. The molecule has 1 saturated carbocycles. The van der Waals surface area contributed by atoms with E-state index in [0.717, 1.165) is 45.1 Å². The highest BCUT2D eigenvalue weighted by Gasteiger charge is 2.28. The Morgan fingerprint density at radius 3 is 2.04 bits per heavy atom. The molecule has 0 atom stereocenters. The van der Waals surface area contributed by atoms with E-state index in [1.165, 1.54) is 0 Å². The van der Waals surface area contributed by atoms with Gasteiger partial charge in [0.2, 0.25) is 0 Å². The van der Waals surface area contributed by atoms with Gasteiger partial charge in [-0.15, -0.1) is 0 Å². The van der Waals surface area contributed by atoms with Gasteiger partial charge in [0, 0.05) is 30.7 Å². The molecule has 0 spiro atoms. The van der Waals surface area contributed by atoms with Gasteiger partial charge in [0.05, 0.1) is 0 Å². The Labute approximate surface area is 141 Å². The highest BCUT2D eigenvalue weighted by atomic mass is 16.6. The van der Waals surface area contributed by atoms with E-state index >= 15 is 0 Å². The molecule has 1 rings (SSSR count). The summed E-state index contributed by atoms with van der Waals surface area (Å²) >= 11 is 0. The zero-order valence-electron chi connectivity index (χ0n) is 15.6. The number of amides is 1. The summed E-state index contributed by atoms with van der Waals surface area (Å²) in [5, 5.41) is 16.2. The lowest BCUT2D eigenvalue weighted by Gasteiger charge is -2.35. The SMILES string of the molecule is CCC(CC)(CO)CNC1CCC(NC(=O)OC(C)(C)C)CC1. The molecular formula is C18H36N2O3. The minimum Gasteiger partial charge on any atom is -0.444 e. The number of carbonyl (C=O) groups excluding carboxylic acids is 1. The van der Waals surface area contributed by atoms with E-state index in [-0.39, 0.29) is 24.2 Å². The highest BCUT2D eigenvalue weighted by molar-refractivity contribution is 5.68. The fourth-order valence-corrected chi connectivity index (χ4v) is 3.06. The van der Waals surface area contributed by atoms with Crippen molar-refractivity contribution in [2.24, 2.45) is 5.41 Å². The van der Waals surface area contributed by atoms with Crippen molar-refractivity contribution in [3.05, 3.63) is 0 Å². The van der Waals surface area contributed by atoms with Gasteiger partial charge >= 0.3 is 6.09 Å². The molecule has 1 fully saturated rings. The van der Waals surface area contributed by atoms with E-state index < -0.39 is 5.60 Å². The molecule has 0 radical (unpaired) electrons. The average Bonchev–Trinajstić information content (AvgIpc) is 2.49. The number of hydrogen-bond donors (Lipinski definition) is 3. The summed E-state index contributed by atoms with van der Waals surface area (Å²) in [6, 6.07) is 0.693. The number of hydrogen-bond acceptors (Lipinski definition) is 4. The molecule has 3 N–H and O–H groups in total. The number of carbonyl (C=O) groups is 1. The van der Waals surface area contributed by atoms with Crippen LogP contribution in [-0.4, -0.2) is 42.0 Å². The van der Waals surface area contributed by atoms with Crippen molar-refractivity contribution in [3.63, 3.8) is 0 Å². The first-order valence-corrected chi connectivity index (χ1v) is 9.07. The van der Waals surface area contributed by atoms with Crippen LogP contribution in [0.25, 0.3) is 0 Å². The van der Waals surface area contributed by atoms with Gasteiger partial charge in [0.15, 0.2) is 0 Å². The van der Waals surface area contributed by atoms with Gasteiger partial charge in [-0.3, -0.25) is 0 Å². The Kier molecular flexibility index (Phi) is 7.81. The molecule has 0 aromatic rings. The molecule has 1 aliphatic carbocycles. The second kappa shape index (κ2) is 8.88. The van der Waals surface area contributed by atoms with Gasteiger partial charge in [-0.2, -0.15) is 0 Å². The minimum atomic E-state index is -0.448. The molecule has 1 amide bonds. The van der Waals surface area contributed by atoms with Gasteiger partial charge < -0.3 is 20.5 Å². The molecule has 5 nitrogen and oxygen atoms in total. The largest absolute Gasteiger partial charge is 0.444 e. The fourth-order valence-electron chi connectivity index (χ4n) is 3.06. The van der Waals surface area contributed by atoms with E-state index in [1.807, 2.05) is 20.8 Å². The second-order valence-corrected chi connectivity index (χ2v) is 7.94. The molecule has 0 saturated heterocycles. The van der Waals surface area contributed by atoms with E-state index in [0.29, 0.717) is 6.04 Å². The molecule has 23 heavy (non-hydrogen) atoms. The first-order chi connectivity index (χ1) is 10.7. The van der Waals surface area contributed by atoms with Crippen LogP contribution in [0.5, 0.6) is 0 Å². The van der Waals surface area contributed by atoms with Crippen molar-refractivity contribution in [1.82, 2.24) is 10.6 Å². The third-order valence-corrected chi connectivity index (χ3v) is 5.05. The van der Waals surface area contributed by atoms with Crippen LogP contribution < -0.4 is 10.6 Å². The molecule has 0 bridgehead atoms. The summed E-state index contributed by atoms with van der Waals surface area (Å²) in [7, 11) is 0. The van der Waals surface area contributed by atoms with E-state index in [4.69, 9.17) is 4.74 Å². The fraction of sp³-hybridized carbons (Fsp3) is 0.944. The average molecular weight is 328 g/mol. The molecular weight excluding hydrogens is 292 g/mol. The van der Waals surface area contributed by atoms with Crippen molar-refractivity contribution in [2.45, 2.75) is 90.8 Å². The number of aliphatic hydroxyl groups is 1. The van der Waals surface area contributed by atoms with Crippen LogP contribution >= 0.6 is 0 Å². The molecule has 136 valence electrons. The number of alkyl carbamates (subject to hydrolysis) is 1. The van der Waals surface area contributed by atoms with Gasteiger partial charge in [-0.1, -0.05) is 13.8 Å². The zero-order valence-corrected chi connectivity index (χ0v) is 15.6. The maximum absolute atomic E-state index is 11.8. The summed E-state index contributed by atoms with van der Waals surface area (Å²) < 4.78 is 5.31. The first-order valence-electron chi connectivity index (χ1n) is 9.07. The Morgan fingerprint density at radius 2 is 1.61 bits per heavy atom. The van der Waals surface area contributed by atoms with Crippen molar-refractivity contribution in [3.8, 4) is 0 Å². The summed E-state index contributed by atoms with van der Waals surface area (Å²) in [6.07, 6.45) is 5.71. The number of ether oxygens (including phenoxy) is 1. The summed E-state index contributed by atoms with van der Waals surface area (Å²) in [4.78, 5) is 11.8. The van der Waals surface area contributed by atoms with Crippen molar-refractivity contribution in [1.29, 1.82) is 0 Å². The lowest BCUT2D eigenvalue weighted by Crippen LogP contribution is -2.46. The Morgan fingerprint density at radius 1 is 1.09 bits per heavy atom. The third-order valence-electron chi connectivity index (χ3n) is 5.05. The van der Waals surface area contributed by atoms with Crippen molar-refractivity contribution >= 4 is 6.09 Å². The van der Waals surface area contributed by atoms with E-state index in [1.54, 1.807) is 0 Å². The maximum Gasteiger partial charge on any atom is 0.407 e. The van der Waals surface area contributed by atoms with Crippen LogP contribution in [0.2, 0.25) is 0 Å². The number of aliphatic hydroxyl groups excluding tert-OH is 1. The van der Waals surface area contributed by atoms with Crippen LogP contribution in [0, 0.1) is 5.41 Å². The lowest BCUT2D eigenvalue weighted by atomic mass is 9.82. The first kappa shape index (κ1) is 20.2. The minimum absolute atomic E-state index is 0.00557. The number of nitrogens with one attached hydrogen (secondary N) is 2. The normalized spacial score (nSPS) is 22.7. The van der Waals surface area contributed by atoms with Crippen LogP contribution in [0.1, 0.15) is 73.1 Å². The molecule has 0 aliphatic heterocycles. The van der Waals surface area contributed by atoms with Gasteiger partial charge in [0.25, 0.3) is 0 Å². The molecule has 1 aliphatic rings. The summed E-state index contributed by atoms with van der Waals surface area (Å²) in [6.45, 7) is 11.0. The van der Waals surface area contributed by atoms with Crippen LogP contribution in [0.4, 0.5) is 4.79 Å².